The fraction of sp³-hybridized carbons (Fsp3) is 0.0833. The highest BCUT2D eigenvalue weighted by atomic mass is 16.6. The maximum Gasteiger partial charge on any atom is 0.355 e. The van der Waals surface area contributed by atoms with Gasteiger partial charge in [0.25, 0.3) is 0 Å². The molecule has 0 aliphatic carbocycles. The standard InChI is InChI=1S/C24H22N6O2/c31-30(32)22-23(28-27-21-14-8-3-9-15-21)25-18-26-24(22)29(16-19-10-4-1-5-11-19)17-20-12-6-2-7-13-20/h1-15,18,27H,16-17H2,(H,25,26,28). The third-order valence-corrected chi connectivity index (χ3v) is 4.82. The summed E-state index contributed by atoms with van der Waals surface area (Å²) in [6, 6.07) is 28.9. The molecule has 0 amide bonds. The molecule has 0 spiro atoms. The van der Waals surface area contributed by atoms with E-state index in [0.29, 0.717) is 13.1 Å². The van der Waals surface area contributed by atoms with Gasteiger partial charge in [0.1, 0.15) is 6.33 Å². The second kappa shape index (κ2) is 10.0. The Kier molecular flexibility index (Phi) is 6.52. The van der Waals surface area contributed by atoms with Crippen molar-refractivity contribution in [2.75, 3.05) is 15.8 Å². The summed E-state index contributed by atoms with van der Waals surface area (Å²) in [5.41, 5.74) is 8.43. The van der Waals surface area contributed by atoms with Gasteiger partial charge in [-0.3, -0.25) is 21.0 Å². The highest BCUT2D eigenvalue weighted by Crippen LogP contribution is 2.33. The van der Waals surface area contributed by atoms with Crippen molar-refractivity contribution in [2.24, 2.45) is 0 Å². The van der Waals surface area contributed by atoms with Gasteiger partial charge in [-0.25, -0.2) is 9.97 Å². The molecule has 32 heavy (non-hydrogen) atoms. The molecule has 1 aromatic heterocycles. The Bertz CT molecular complexity index is 1120. The molecule has 160 valence electrons. The molecule has 8 nitrogen and oxygen atoms in total. The van der Waals surface area contributed by atoms with Gasteiger partial charge in [-0.05, 0) is 23.3 Å². The summed E-state index contributed by atoms with van der Waals surface area (Å²) in [6.45, 7) is 0.915. The Hall–Kier alpha value is -4.46. The van der Waals surface area contributed by atoms with Gasteiger partial charge in [-0.1, -0.05) is 78.9 Å². The number of nitrogens with zero attached hydrogens (tertiary/aromatic N) is 4. The first-order chi connectivity index (χ1) is 15.7. The molecule has 0 unspecified atom stereocenters. The third kappa shape index (κ3) is 5.17. The van der Waals surface area contributed by atoms with E-state index in [1.165, 1.54) is 6.33 Å². The molecule has 3 aromatic carbocycles. The number of anilines is 3. The maximum atomic E-state index is 12.1. The fourth-order valence-corrected chi connectivity index (χ4v) is 3.33. The summed E-state index contributed by atoms with van der Waals surface area (Å²) in [4.78, 5) is 22.0. The lowest BCUT2D eigenvalue weighted by Crippen LogP contribution is -2.25. The molecule has 0 saturated carbocycles. The van der Waals surface area contributed by atoms with Gasteiger partial charge in [0.05, 0.1) is 10.6 Å². The minimum absolute atomic E-state index is 0.0926. The molecule has 4 rings (SSSR count). The fourth-order valence-electron chi connectivity index (χ4n) is 3.33. The monoisotopic (exact) mass is 426 g/mol. The second-order valence-electron chi connectivity index (χ2n) is 7.09. The average Bonchev–Trinajstić information content (AvgIpc) is 2.84. The first-order valence-electron chi connectivity index (χ1n) is 10.1. The van der Waals surface area contributed by atoms with E-state index >= 15 is 0 Å². The van der Waals surface area contributed by atoms with Crippen LogP contribution >= 0.6 is 0 Å². The molecule has 0 aliphatic rings. The lowest BCUT2D eigenvalue weighted by Gasteiger charge is -2.24. The van der Waals surface area contributed by atoms with Gasteiger partial charge in [-0.2, -0.15) is 0 Å². The van der Waals surface area contributed by atoms with Crippen molar-refractivity contribution < 1.29 is 4.92 Å². The van der Waals surface area contributed by atoms with Gasteiger partial charge < -0.3 is 4.90 Å². The van der Waals surface area contributed by atoms with Crippen LogP contribution in [-0.2, 0) is 13.1 Å². The topological polar surface area (TPSA) is 96.2 Å². The minimum atomic E-state index is -0.451. The summed E-state index contributed by atoms with van der Waals surface area (Å²) in [5.74, 6) is 0.338. The van der Waals surface area contributed by atoms with E-state index in [9.17, 15) is 10.1 Å². The molecule has 0 bridgehead atoms. The van der Waals surface area contributed by atoms with Gasteiger partial charge in [0.2, 0.25) is 11.6 Å². The first kappa shape index (κ1) is 20.8. The number of hydrogen-bond acceptors (Lipinski definition) is 7. The molecule has 4 aromatic rings. The summed E-state index contributed by atoms with van der Waals surface area (Å²) >= 11 is 0. The number of hydrazine groups is 1. The summed E-state index contributed by atoms with van der Waals surface area (Å²) < 4.78 is 0. The molecular formula is C24H22N6O2. The molecule has 0 aliphatic heterocycles. The van der Waals surface area contributed by atoms with Gasteiger partial charge in [0.15, 0.2) is 0 Å². The van der Waals surface area contributed by atoms with Gasteiger partial charge in [0, 0.05) is 13.1 Å². The van der Waals surface area contributed by atoms with Crippen LogP contribution < -0.4 is 15.8 Å². The Morgan fingerprint density at radius 3 is 1.81 bits per heavy atom. The first-order valence-corrected chi connectivity index (χ1v) is 10.1. The summed E-state index contributed by atoms with van der Waals surface area (Å²) in [5, 5.41) is 12.1. The Balaban J connectivity index is 1.69. The van der Waals surface area contributed by atoms with Crippen molar-refractivity contribution in [1.82, 2.24) is 9.97 Å². The zero-order chi connectivity index (χ0) is 22.2. The Morgan fingerprint density at radius 2 is 1.28 bits per heavy atom. The van der Waals surface area contributed by atoms with Crippen LogP contribution in [0.25, 0.3) is 0 Å². The number of aromatic nitrogens is 2. The SMILES string of the molecule is O=[N+]([O-])c1c(NNc2ccccc2)ncnc1N(Cc1ccccc1)Cc1ccccc1. The van der Waals surface area contributed by atoms with Crippen LogP contribution in [-0.4, -0.2) is 14.9 Å². The van der Waals surface area contributed by atoms with Crippen LogP contribution in [0, 0.1) is 10.1 Å². The minimum Gasteiger partial charge on any atom is -0.342 e. The third-order valence-electron chi connectivity index (χ3n) is 4.82. The van der Waals surface area contributed by atoms with Crippen LogP contribution in [0.3, 0.4) is 0 Å². The quantitative estimate of drug-likeness (QED) is 0.286. The average molecular weight is 426 g/mol. The lowest BCUT2D eigenvalue weighted by molar-refractivity contribution is -0.383. The van der Waals surface area contributed by atoms with Crippen molar-refractivity contribution in [2.45, 2.75) is 13.1 Å². The number of nitrogens with one attached hydrogen (secondary N) is 2. The normalized spacial score (nSPS) is 10.4. The zero-order valence-corrected chi connectivity index (χ0v) is 17.3. The van der Waals surface area contributed by atoms with E-state index in [1.54, 1.807) is 0 Å². The van der Waals surface area contributed by atoms with E-state index in [2.05, 4.69) is 20.8 Å². The van der Waals surface area contributed by atoms with E-state index < -0.39 is 4.92 Å². The largest absolute Gasteiger partial charge is 0.355 e. The number of benzene rings is 3. The molecular weight excluding hydrogens is 404 g/mol. The molecule has 0 fully saturated rings. The van der Waals surface area contributed by atoms with Crippen LogP contribution in [0.5, 0.6) is 0 Å². The van der Waals surface area contributed by atoms with E-state index in [1.807, 2.05) is 95.9 Å². The summed E-state index contributed by atoms with van der Waals surface area (Å²) in [6.07, 6.45) is 1.33. The van der Waals surface area contributed by atoms with Crippen molar-refractivity contribution in [3.63, 3.8) is 0 Å². The summed E-state index contributed by atoms with van der Waals surface area (Å²) in [7, 11) is 0. The Labute approximate surface area is 185 Å². The molecule has 2 N–H and O–H groups in total. The molecule has 8 heteroatoms. The van der Waals surface area contributed by atoms with E-state index in [0.717, 1.165) is 16.8 Å². The zero-order valence-electron chi connectivity index (χ0n) is 17.3. The second-order valence-corrected chi connectivity index (χ2v) is 7.09. The molecule has 1 heterocycles. The van der Waals surface area contributed by atoms with Crippen LogP contribution in [0.1, 0.15) is 11.1 Å². The van der Waals surface area contributed by atoms with Crippen molar-refractivity contribution in [3.8, 4) is 0 Å². The van der Waals surface area contributed by atoms with Crippen molar-refractivity contribution in [3.05, 3.63) is 119 Å². The Morgan fingerprint density at radius 1 is 0.750 bits per heavy atom. The highest BCUT2D eigenvalue weighted by Gasteiger charge is 2.27. The number of hydrogen-bond donors (Lipinski definition) is 2. The van der Waals surface area contributed by atoms with Crippen LogP contribution in [0.15, 0.2) is 97.3 Å². The number of nitro groups is 1. The molecule has 0 saturated heterocycles. The predicted octanol–water partition coefficient (Wildman–Crippen LogP) is 5.03. The maximum absolute atomic E-state index is 12.1. The van der Waals surface area contributed by atoms with Crippen molar-refractivity contribution in [1.29, 1.82) is 0 Å². The van der Waals surface area contributed by atoms with E-state index in [-0.39, 0.29) is 17.3 Å². The molecule has 0 atom stereocenters. The lowest BCUT2D eigenvalue weighted by atomic mass is 10.1. The van der Waals surface area contributed by atoms with Crippen LogP contribution in [0.2, 0.25) is 0 Å². The van der Waals surface area contributed by atoms with Gasteiger partial charge in [-0.15, -0.1) is 0 Å². The van der Waals surface area contributed by atoms with Gasteiger partial charge >= 0.3 is 5.69 Å². The van der Waals surface area contributed by atoms with Crippen LogP contribution in [0.4, 0.5) is 23.0 Å². The van der Waals surface area contributed by atoms with E-state index in [4.69, 9.17) is 0 Å². The highest BCUT2D eigenvalue weighted by molar-refractivity contribution is 5.71. The smallest absolute Gasteiger partial charge is 0.342 e. The molecule has 0 radical (unpaired) electrons. The predicted molar refractivity (Wildman–Crippen MR) is 125 cm³/mol. The number of para-hydroxylation sites is 1. The van der Waals surface area contributed by atoms with Crippen molar-refractivity contribution >= 4 is 23.0 Å². The number of rotatable bonds is 9.